The lowest BCUT2D eigenvalue weighted by Gasteiger charge is -2.13. The Labute approximate surface area is 124 Å². The number of hydrogen-bond donors (Lipinski definition) is 0. The third-order valence-electron chi connectivity index (χ3n) is 2.99. The normalized spacial score (nSPS) is 10.4. The summed E-state index contributed by atoms with van der Waals surface area (Å²) < 4.78 is 10.8. The molecule has 0 saturated carbocycles. The predicted molar refractivity (Wildman–Crippen MR) is 79.0 cm³/mol. The predicted octanol–water partition coefficient (Wildman–Crippen LogP) is 3.62. The Kier molecular flexibility index (Phi) is 4.09. The molecule has 104 valence electrons. The van der Waals surface area contributed by atoms with Crippen LogP contribution in [0.15, 0.2) is 28.7 Å². The number of fused-ring (bicyclic) bond motifs is 1. The zero-order valence-electron chi connectivity index (χ0n) is 11.3. The summed E-state index contributed by atoms with van der Waals surface area (Å²) >= 11 is 3.39. The molecule has 0 amide bonds. The minimum Gasteiger partial charge on any atom is -0.465 e. The lowest BCUT2D eigenvalue weighted by molar-refractivity contribution is -0.131. The molecule has 0 aliphatic rings. The molecule has 0 saturated heterocycles. The van der Waals surface area contributed by atoms with Gasteiger partial charge in [-0.15, -0.1) is 0 Å². The number of benzene rings is 2. The van der Waals surface area contributed by atoms with Crippen molar-refractivity contribution in [2.24, 2.45) is 0 Å². The van der Waals surface area contributed by atoms with E-state index in [0.717, 1.165) is 20.8 Å². The van der Waals surface area contributed by atoms with Gasteiger partial charge >= 0.3 is 11.9 Å². The molecule has 0 bridgehead atoms. The van der Waals surface area contributed by atoms with Gasteiger partial charge in [0, 0.05) is 16.8 Å². The van der Waals surface area contributed by atoms with Gasteiger partial charge in [0.25, 0.3) is 0 Å². The average Bonchev–Trinajstić information content (AvgIpc) is 2.40. The highest BCUT2D eigenvalue weighted by Gasteiger charge is 2.17. The fourth-order valence-corrected chi connectivity index (χ4v) is 2.43. The molecular weight excluding hydrogens is 324 g/mol. The standard InChI is InChI=1S/C15H13BrO4/c1-8-11-5-4-10(16)6-13(11)14(20-9(2)17)7-12(8)15(18)19-3/h4-7H,1-3H3. The summed E-state index contributed by atoms with van der Waals surface area (Å²) in [6, 6.07) is 7.13. The van der Waals surface area contributed by atoms with Gasteiger partial charge in [0.15, 0.2) is 0 Å². The summed E-state index contributed by atoms with van der Waals surface area (Å²) in [7, 11) is 1.32. The number of rotatable bonds is 2. The number of esters is 2. The number of halogens is 1. The first kappa shape index (κ1) is 14.5. The molecule has 0 spiro atoms. The molecule has 0 aliphatic carbocycles. The van der Waals surface area contributed by atoms with Crippen LogP contribution in [0.5, 0.6) is 5.75 Å². The molecule has 5 heteroatoms. The van der Waals surface area contributed by atoms with E-state index >= 15 is 0 Å². The fraction of sp³-hybridized carbons (Fsp3) is 0.200. The molecule has 0 aliphatic heterocycles. The molecule has 2 aromatic rings. The average molecular weight is 337 g/mol. The highest BCUT2D eigenvalue weighted by molar-refractivity contribution is 9.10. The Bertz CT molecular complexity index is 707. The van der Waals surface area contributed by atoms with E-state index in [1.165, 1.54) is 20.1 Å². The molecular formula is C15H13BrO4. The van der Waals surface area contributed by atoms with Crippen molar-refractivity contribution in [3.8, 4) is 5.75 Å². The van der Waals surface area contributed by atoms with E-state index in [1.54, 1.807) is 0 Å². The Morgan fingerprint density at radius 2 is 1.85 bits per heavy atom. The molecule has 0 radical (unpaired) electrons. The molecule has 0 N–H and O–H groups in total. The first-order valence-corrected chi connectivity index (χ1v) is 6.73. The zero-order valence-corrected chi connectivity index (χ0v) is 12.9. The summed E-state index contributed by atoms with van der Waals surface area (Å²) in [5.41, 5.74) is 1.17. The van der Waals surface area contributed by atoms with E-state index in [1.807, 2.05) is 25.1 Å². The van der Waals surface area contributed by atoms with E-state index < -0.39 is 11.9 Å². The van der Waals surface area contributed by atoms with Gasteiger partial charge in [-0.2, -0.15) is 0 Å². The van der Waals surface area contributed by atoms with Gasteiger partial charge in [0.2, 0.25) is 0 Å². The number of carbonyl (C=O) groups is 2. The second-order valence-corrected chi connectivity index (χ2v) is 5.24. The molecule has 2 aromatic carbocycles. The number of carbonyl (C=O) groups excluding carboxylic acids is 2. The lowest BCUT2D eigenvalue weighted by atomic mass is 9.99. The highest BCUT2D eigenvalue weighted by atomic mass is 79.9. The quantitative estimate of drug-likeness (QED) is 0.620. The SMILES string of the molecule is COC(=O)c1cc(OC(C)=O)c2cc(Br)ccc2c1C. The first-order valence-electron chi connectivity index (χ1n) is 5.93. The van der Waals surface area contributed by atoms with Crippen LogP contribution in [0.25, 0.3) is 10.8 Å². The second kappa shape index (κ2) is 5.63. The van der Waals surface area contributed by atoms with E-state index in [4.69, 9.17) is 9.47 Å². The molecule has 2 rings (SSSR count). The van der Waals surface area contributed by atoms with Crippen LogP contribution in [-0.2, 0) is 9.53 Å². The van der Waals surface area contributed by atoms with Crippen molar-refractivity contribution < 1.29 is 19.1 Å². The largest absolute Gasteiger partial charge is 0.465 e. The van der Waals surface area contributed by atoms with Gasteiger partial charge in [-0.05, 0) is 36.1 Å². The van der Waals surface area contributed by atoms with Gasteiger partial charge < -0.3 is 9.47 Å². The van der Waals surface area contributed by atoms with Gasteiger partial charge in [-0.3, -0.25) is 4.79 Å². The molecule has 0 atom stereocenters. The maximum atomic E-state index is 11.8. The molecule has 4 nitrogen and oxygen atoms in total. The summed E-state index contributed by atoms with van der Waals surface area (Å²) in [6.45, 7) is 3.15. The van der Waals surface area contributed by atoms with Crippen molar-refractivity contribution in [3.05, 3.63) is 39.9 Å². The van der Waals surface area contributed by atoms with Crippen LogP contribution in [-0.4, -0.2) is 19.0 Å². The Balaban J connectivity index is 2.79. The topological polar surface area (TPSA) is 52.6 Å². The van der Waals surface area contributed by atoms with E-state index in [9.17, 15) is 9.59 Å². The minimum atomic E-state index is -0.458. The Morgan fingerprint density at radius 1 is 1.15 bits per heavy atom. The van der Waals surface area contributed by atoms with Gasteiger partial charge in [-0.25, -0.2) is 4.79 Å². The molecule has 20 heavy (non-hydrogen) atoms. The summed E-state index contributed by atoms with van der Waals surface area (Å²) in [4.78, 5) is 23.0. The summed E-state index contributed by atoms with van der Waals surface area (Å²) in [5, 5.41) is 1.60. The van der Waals surface area contributed by atoms with Gasteiger partial charge in [0.1, 0.15) is 5.75 Å². The zero-order chi connectivity index (χ0) is 14.9. The third-order valence-corrected chi connectivity index (χ3v) is 3.48. The van der Waals surface area contributed by atoms with E-state index in [-0.39, 0.29) is 0 Å². The van der Waals surface area contributed by atoms with Crippen molar-refractivity contribution in [2.45, 2.75) is 13.8 Å². The lowest BCUT2D eigenvalue weighted by Crippen LogP contribution is -2.08. The van der Waals surface area contributed by atoms with Gasteiger partial charge in [-0.1, -0.05) is 22.0 Å². The van der Waals surface area contributed by atoms with E-state index in [0.29, 0.717) is 11.3 Å². The Hall–Kier alpha value is -1.88. The van der Waals surface area contributed by atoms with Crippen LogP contribution in [0.3, 0.4) is 0 Å². The summed E-state index contributed by atoms with van der Waals surface area (Å²) in [6.07, 6.45) is 0. The fourth-order valence-electron chi connectivity index (χ4n) is 2.07. The van der Waals surface area contributed by atoms with Crippen LogP contribution in [0, 0.1) is 6.92 Å². The monoisotopic (exact) mass is 336 g/mol. The van der Waals surface area contributed by atoms with Crippen molar-refractivity contribution in [1.82, 2.24) is 0 Å². The van der Waals surface area contributed by atoms with Crippen molar-refractivity contribution in [1.29, 1.82) is 0 Å². The maximum absolute atomic E-state index is 11.8. The van der Waals surface area contributed by atoms with Crippen LogP contribution in [0.1, 0.15) is 22.8 Å². The van der Waals surface area contributed by atoms with Gasteiger partial charge in [0.05, 0.1) is 12.7 Å². The molecule has 0 fully saturated rings. The molecule has 0 heterocycles. The number of aryl methyl sites for hydroxylation is 1. The first-order chi connectivity index (χ1) is 9.43. The van der Waals surface area contributed by atoms with Crippen LogP contribution in [0.4, 0.5) is 0 Å². The van der Waals surface area contributed by atoms with Crippen LogP contribution in [0.2, 0.25) is 0 Å². The van der Waals surface area contributed by atoms with E-state index in [2.05, 4.69) is 15.9 Å². The smallest absolute Gasteiger partial charge is 0.338 e. The Morgan fingerprint density at radius 3 is 2.45 bits per heavy atom. The van der Waals surface area contributed by atoms with Crippen molar-refractivity contribution >= 4 is 38.6 Å². The maximum Gasteiger partial charge on any atom is 0.338 e. The van der Waals surface area contributed by atoms with Crippen molar-refractivity contribution in [3.63, 3.8) is 0 Å². The molecule has 0 unspecified atom stereocenters. The number of methoxy groups -OCH3 is 1. The minimum absolute atomic E-state index is 0.347. The number of hydrogen-bond acceptors (Lipinski definition) is 4. The molecule has 0 aromatic heterocycles. The third kappa shape index (κ3) is 2.67. The van der Waals surface area contributed by atoms with Crippen molar-refractivity contribution in [2.75, 3.05) is 7.11 Å². The van der Waals surface area contributed by atoms with Crippen LogP contribution < -0.4 is 4.74 Å². The van der Waals surface area contributed by atoms with Crippen LogP contribution >= 0.6 is 15.9 Å². The number of ether oxygens (including phenoxy) is 2. The summed E-state index contributed by atoms with van der Waals surface area (Å²) in [5.74, 6) is -0.550. The second-order valence-electron chi connectivity index (χ2n) is 4.32. The highest BCUT2D eigenvalue weighted by Crippen LogP contribution is 2.33.